The lowest BCUT2D eigenvalue weighted by atomic mass is 10.1. The van der Waals surface area contributed by atoms with Crippen LogP contribution in [0.5, 0.6) is 0 Å². The summed E-state index contributed by atoms with van der Waals surface area (Å²) in [6, 6.07) is 6.93. The van der Waals surface area contributed by atoms with E-state index in [0.29, 0.717) is 18.5 Å². The van der Waals surface area contributed by atoms with Gasteiger partial charge in [-0.15, -0.1) is 0 Å². The number of hydrogen-bond donors (Lipinski definition) is 3. The average Bonchev–Trinajstić information content (AvgIpc) is 2.82. The zero-order valence-corrected chi connectivity index (χ0v) is 11.0. The number of hydrogen-bond acceptors (Lipinski definition) is 3. The number of nitrogens with one attached hydrogen (secondary N) is 3. The second-order valence-corrected chi connectivity index (χ2v) is 4.58. The van der Waals surface area contributed by atoms with E-state index in [2.05, 4.69) is 22.9 Å². The van der Waals surface area contributed by atoms with Gasteiger partial charge in [0.25, 0.3) is 5.91 Å². The fourth-order valence-electron chi connectivity index (χ4n) is 2.06. The van der Waals surface area contributed by atoms with Gasteiger partial charge in [-0.3, -0.25) is 9.59 Å². The van der Waals surface area contributed by atoms with Crippen molar-refractivity contribution >= 4 is 17.5 Å². The predicted molar refractivity (Wildman–Crippen MR) is 74.1 cm³/mol. The number of anilines is 1. The third-order valence-electron chi connectivity index (χ3n) is 3.09. The summed E-state index contributed by atoms with van der Waals surface area (Å²) in [4.78, 5) is 23.7. The van der Waals surface area contributed by atoms with Gasteiger partial charge in [0.1, 0.15) is 6.04 Å². The number of amides is 2. The van der Waals surface area contributed by atoms with Crippen LogP contribution in [0.2, 0.25) is 0 Å². The highest BCUT2D eigenvalue weighted by atomic mass is 16.2. The lowest BCUT2D eigenvalue weighted by Crippen LogP contribution is -2.40. The molecule has 2 rings (SSSR count). The van der Waals surface area contributed by atoms with Crippen LogP contribution < -0.4 is 16.0 Å². The molecule has 102 valence electrons. The second kappa shape index (κ2) is 6.22. The van der Waals surface area contributed by atoms with Crippen LogP contribution in [0.15, 0.2) is 24.3 Å². The Bertz CT molecular complexity index is 474. The van der Waals surface area contributed by atoms with Crippen molar-refractivity contribution < 1.29 is 9.59 Å². The molecule has 1 aromatic carbocycles. The maximum absolute atomic E-state index is 12.2. The minimum absolute atomic E-state index is 0.104. The molecular formula is C14H19N3O2. The van der Waals surface area contributed by atoms with E-state index in [-0.39, 0.29) is 11.8 Å². The Morgan fingerprint density at radius 2 is 2.21 bits per heavy atom. The lowest BCUT2D eigenvalue weighted by molar-refractivity contribution is -0.120. The number of rotatable bonds is 5. The number of para-hydroxylation sites is 1. The fourth-order valence-corrected chi connectivity index (χ4v) is 2.06. The van der Waals surface area contributed by atoms with E-state index >= 15 is 0 Å². The first-order valence-corrected chi connectivity index (χ1v) is 6.64. The van der Waals surface area contributed by atoms with Crippen molar-refractivity contribution in [3.8, 4) is 0 Å². The molecule has 0 aliphatic carbocycles. The summed E-state index contributed by atoms with van der Waals surface area (Å²) in [6.45, 7) is 3.51. The van der Waals surface area contributed by atoms with E-state index in [4.69, 9.17) is 0 Å². The van der Waals surface area contributed by atoms with Crippen molar-refractivity contribution in [2.45, 2.75) is 25.8 Å². The molecule has 2 amide bonds. The summed E-state index contributed by atoms with van der Waals surface area (Å²) in [5, 5.41) is 8.70. The van der Waals surface area contributed by atoms with Crippen molar-refractivity contribution in [1.29, 1.82) is 0 Å². The zero-order valence-electron chi connectivity index (χ0n) is 11.0. The van der Waals surface area contributed by atoms with Crippen LogP contribution in [0.25, 0.3) is 0 Å². The van der Waals surface area contributed by atoms with E-state index in [1.807, 2.05) is 18.2 Å². The Morgan fingerprint density at radius 1 is 1.42 bits per heavy atom. The molecule has 0 bridgehead atoms. The average molecular weight is 261 g/mol. The SMILES string of the molecule is CCCNc1ccccc1C(=O)NC1CCNC1=O. The van der Waals surface area contributed by atoms with Crippen molar-refractivity contribution in [3.63, 3.8) is 0 Å². The van der Waals surface area contributed by atoms with Crippen LogP contribution in [0.4, 0.5) is 5.69 Å². The van der Waals surface area contributed by atoms with Gasteiger partial charge in [-0.05, 0) is 25.0 Å². The summed E-state index contributed by atoms with van der Waals surface area (Å²) in [5.74, 6) is -0.311. The molecule has 1 aliphatic heterocycles. The van der Waals surface area contributed by atoms with E-state index < -0.39 is 6.04 Å². The van der Waals surface area contributed by atoms with Crippen molar-refractivity contribution in [3.05, 3.63) is 29.8 Å². The summed E-state index contributed by atoms with van der Waals surface area (Å²) < 4.78 is 0. The van der Waals surface area contributed by atoms with Crippen LogP contribution in [0.3, 0.4) is 0 Å². The largest absolute Gasteiger partial charge is 0.384 e. The minimum Gasteiger partial charge on any atom is -0.384 e. The molecule has 0 saturated carbocycles. The van der Waals surface area contributed by atoms with Gasteiger partial charge in [0.15, 0.2) is 0 Å². The first kappa shape index (κ1) is 13.4. The topological polar surface area (TPSA) is 70.2 Å². The maximum Gasteiger partial charge on any atom is 0.254 e. The predicted octanol–water partition coefficient (Wildman–Crippen LogP) is 1.13. The molecule has 0 aromatic heterocycles. The molecule has 1 aliphatic rings. The van der Waals surface area contributed by atoms with Gasteiger partial charge in [0, 0.05) is 18.8 Å². The zero-order chi connectivity index (χ0) is 13.7. The quantitative estimate of drug-likeness (QED) is 0.744. The Morgan fingerprint density at radius 3 is 2.89 bits per heavy atom. The molecular weight excluding hydrogens is 242 g/mol. The van der Waals surface area contributed by atoms with Gasteiger partial charge in [0.2, 0.25) is 5.91 Å². The molecule has 0 spiro atoms. The molecule has 5 heteroatoms. The van der Waals surface area contributed by atoms with Gasteiger partial charge in [-0.2, -0.15) is 0 Å². The van der Waals surface area contributed by atoms with E-state index in [0.717, 1.165) is 18.7 Å². The highest BCUT2D eigenvalue weighted by Crippen LogP contribution is 2.15. The molecule has 3 N–H and O–H groups in total. The maximum atomic E-state index is 12.2. The van der Waals surface area contributed by atoms with Crippen LogP contribution in [0.1, 0.15) is 30.1 Å². The minimum atomic E-state index is -0.410. The first-order valence-electron chi connectivity index (χ1n) is 6.64. The van der Waals surface area contributed by atoms with Crippen molar-refractivity contribution in [2.75, 3.05) is 18.4 Å². The Balaban J connectivity index is 2.07. The number of benzene rings is 1. The first-order chi connectivity index (χ1) is 9.22. The molecule has 19 heavy (non-hydrogen) atoms. The van der Waals surface area contributed by atoms with Crippen molar-refractivity contribution in [2.24, 2.45) is 0 Å². The molecule has 1 saturated heterocycles. The summed E-state index contributed by atoms with van der Waals surface area (Å²) in [7, 11) is 0. The highest BCUT2D eigenvalue weighted by Gasteiger charge is 2.26. The number of carbonyl (C=O) groups is 2. The summed E-state index contributed by atoms with van der Waals surface area (Å²) >= 11 is 0. The van der Waals surface area contributed by atoms with E-state index in [9.17, 15) is 9.59 Å². The Hall–Kier alpha value is -2.04. The van der Waals surface area contributed by atoms with Gasteiger partial charge >= 0.3 is 0 Å². The molecule has 1 fully saturated rings. The van der Waals surface area contributed by atoms with Crippen LogP contribution in [-0.2, 0) is 4.79 Å². The highest BCUT2D eigenvalue weighted by molar-refractivity contribution is 6.02. The third-order valence-corrected chi connectivity index (χ3v) is 3.09. The standard InChI is InChI=1S/C14H19N3O2/c1-2-8-15-11-6-4-3-5-10(11)13(18)17-12-7-9-16-14(12)19/h3-6,12,15H,2,7-9H2,1H3,(H,16,19)(H,17,18). The smallest absolute Gasteiger partial charge is 0.254 e. The molecule has 1 aromatic rings. The van der Waals surface area contributed by atoms with Crippen molar-refractivity contribution in [1.82, 2.24) is 10.6 Å². The van der Waals surface area contributed by atoms with E-state index in [1.165, 1.54) is 0 Å². The summed E-state index contributed by atoms with van der Waals surface area (Å²) in [6.07, 6.45) is 1.64. The molecule has 0 radical (unpaired) electrons. The lowest BCUT2D eigenvalue weighted by Gasteiger charge is -2.14. The monoisotopic (exact) mass is 261 g/mol. The Labute approximate surface area is 112 Å². The van der Waals surface area contributed by atoms with Gasteiger partial charge in [-0.25, -0.2) is 0 Å². The molecule has 1 unspecified atom stereocenters. The van der Waals surface area contributed by atoms with Crippen LogP contribution in [0, 0.1) is 0 Å². The van der Waals surface area contributed by atoms with Gasteiger partial charge < -0.3 is 16.0 Å². The van der Waals surface area contributed by atoms with Gasteiger partial charge in [0.05, 0.1) is 5.56 Å². The van der Waals surface area contributed by atoms with Gasteiger partial charge in [-0.1, -0.05) is 19.1 Å². The van der Waals surface area contributed by atoms with Crippen LogP contribution in [-0.4, -0.2) is 30.9 Å². The molecule has 1 heterocycles. The number of carbonyl (C=O) groups excluding carboxylic acids is 2. The fraction of sp³-hybridized carbons (Fsp3) is 0.429. The normalized spacial score (nSPS) is 17.9. The second-order valence-electron chi connectivity index (χ2n) is 4.58. The molecule has 5 nitrogen and oxygen atoms in total. The summed E-state index contributed by atoms with van der Waals surface area (Å²) in [5.41, 5.74) is 1.39. The van der Waals surface area contributed by atoms with E-state index in [1.54, 1.807) is 6.07 Å². The van der Waals surface area contributed by atoms with Crippen LogP contribution >= 0.6 is 0 Å². The Kier molecular flexibility index (Phi) is 4.39. The molecule has 1 atom stereocenters. The third kappa shape index (κ3) is 3.24.